The Bertz CT molecular complexity index is 677. The van der Waals surface area contributed by atoms with Gasteiger partial charge in [0.25, 0.3) is 5.91 Å². The maximum absolute atomic E-state index is 12.6. The Balaban J connectivity index is 1.99. The molecule has 0 radical (unpaired) electrons. The van der Waals surface area contributed by atoms with E-state index in [0.29, 0.717) is 11.2 Å². The van der Waals surface area contributed by atoms with Crippen molar-refractivity contribution in [3.8, 4) is 0 Å². The largest absolute Gasteiger partial charge is 0.480 e. The van der Waals surface area contributed by atoms with E-state index in [0.717, 1.165) is 12.8 Å². The zero-order valence-corrected chi connectivity index (χ0v) is 10.9. The van der Waals surface area contributed by atoms with Crippen molar-refractivity contribution in [1.82, 2.24) is 19.5 Å². The number of carbonyl (C=O) groups excluding carboxylic acids is 1. The van der Waals surface area contributed by atoms with E-state index in [9.17, 15) is 9.59 Å². The molecule has 0 aromatic carbocycles. The van der Waals surface area contributed by atoms with Gasteiger partial charge in [0.2, 0.25) is 0 Å². The minimum atomic E-state index is -1.00. The van der Waals surface area contributed by atoms with E-state index < -0.39 is 12.0 Å². The Morgan fingerprint density at radius 1 is 1.50 bits per heavy atom. The van der Waals surface area contributed by atoms with Gasteiger partial charge in [-0.3, -0.25) is 4.79 Å². The lowest BCUT2D eigenvalue weighted by Crippen LogP contribution is -2.44. The van der Waals surface area contributed by atoms with Crippen LogP contribution in [0.2, 0.25) is 0 Å². The Labute approximate surface area is 114 Å². The van der Waals surface area contributed by atoms with Gasteiger partial charge in [0.1, 0.15) is 11.6 Å². The molecule has 0 saturated heterocycles. The van der Waals surface area contributed by atoms with E-state index in [1.54, 1.807) is 18.5 Å². The van der Waals surface area contributed by atoms with Crippen LogP contribution in [0.1, 0.15) is 30.1 Å². The molecule has 1 fully saturated rings. The molecule has 1 unspecified atom stereocenters. The van der Waals surface area contributed by atoms with Gasteiger partial charge in [0.15, 0.2) is 5.65 Å². The fraction of sp³-hybridized carbons (Fsp3) is 0.385. The summed E-state index contributed by atoms with van der Waals surface area (Å²) >= 11 is 0. The maximum Gasteiger partial charge on any atom is 0.326 e. The van der Waals surface area contributed by atoms with Crippen molar-refractivity contribution in [2.24, 2.45) is 0 Å². The van der Waals surface area contributed by atoms with Crippen molar-refractivity contribution in [1.29, 1.82) is 0 Å². The number of fused-ring (bicyclic) bond motifs is 1. The van der Waals surface area contributed by atoms with Crippen LogP contribution in [0.3, 0.4) is 0 Å². The zero-order valence-electron chi connectivity index (χ0n) is 10.9. The van der Waals surface area contributed by atoms with Crippen molar-refractivity contribution in [2.45, 2.75) is 31.8 Å². The summed E-state index contributed by atoms with van der Waals surface area (Å²) in [7, 11) is 0. The first-order valence-electron chi connectivity index (χ1n) is 6.43. The highest BCUT2D eigenvalue weighted by Crippen LogP contribution is 2.30. The molecule has 0 aliphatic heterocycles. The van der Waals surface area contributed by atoms with Crippen LogP contribution in [0.5, 0.6) is 0 Å². The number of carboxylic acids is 1. The van der Waals surface area contributed by atoms with E-state index in [-0.39, 0.29) is 11.9 Å². The van der Waals surface area contributed by atoms with Gasteiger partial charge < -0.3 is 10.0 Å². The molecule has 3 rings (SSSR count). The van der Waals surface area contributed by atoms with Crippen LogP contribution >= 0.6 is 0 Å². The molecule has 104 valence electrons. The summed E-state index contributed by atoms with van der Waals surface area (Å²) in [6.45, 7) is 1.53. The normalized spacial score (nSPS) is 16.1. The summed E-state index contributed by atoms with van der Waals surface area (Å²) in [5.41, 5.74) is 0.784. The first-order valence-corrected chi connectivity index (χ1v) is 6.43. The molecule has 1 aliphatic carbocycles. The van der Waals surface area contributed by atoms with Crippen LogP contribution in [-0.4, -0.2) is 48.6 Å². The molecular weight excluding hydrogens is 260 g/mol. The Morgan fingerprint density at radius 3 is 2.90 bits per heavy atom. The molecule has 7 heteroatoms. The fourth-order valence-corrected chi connectivity index (χ4v) is 2.25. The predicted molar refractivity (Wildman–Crippen MR) is 69.3 cm³/mol. The van der Waals surface area contributed by atoms with Gasteiger partial charge in [-0.2, -0.15) is 5.10 Å². The molecule has 1 aliphatic rings. The number of hydrogen-bond donors (Lipinski definition) is 1. The quantitative estimate of drug-likeness (QED) is 0.891. The summed E-state index contributed by atoms with van der Waals surface area (Å²) in [4.78, 5) is 29.4. The van der Waals surface area contributed by atoms with Crippen LogP contribution in [0.4, 0.5) is 0 Å². The summed E-state index contributed by atoms with van der Waals surface area (Å²) in [5.74, 6) is -1.33. The maximum atomic E-state index is 12.6. The molecule has 1 amide bonds. The lowest BCUT2D eigenvalue weighted by atomic mass is 10.2. The number of aromatic nitrogens is 3. The van der Waals surface area contributed by atoms with Crippen LogP contribution in [0.15, 0.2) is 24.7 Å². The third-order valence-electron chi connectivity index (χ3n) is 3.46. The van der Waals surface area contributed by atoms with Crippen LogP contribution < -0.4 is 0 Å². The van der Waals surface area contributed by atoms with Crippen LogP contribution in [0, 0.1) is 0 Å². The van der Waals surface area contributed by atoms with Gasteiger partial charge in [-0.05, 0) is 25.8 Å². The minimum Gasteiger partial charge on any atom is -0.480 e. The highest BCUT2D eigenvalue weighted by Gasteiger charge is 2.39. The lowest BCUT2D eigenvalue weighted by molar-refractivity contribution is -0.141. The lowest BCUT2D eigenvalue weighted by Gasteiger charge is -2.25. The van der Waals surface area contributed by atoms with Gasteiger partial charge in [-0.1, -0.05) is 0 Å². The molecule has 7 nitrogen and oxygen atoms in total. The molecule has 1 N–H and O–H groups in total. The fourth-order valence-electron chi connectivity index (χ4n) is 2.25. The van der Waals surface area contributed by atoms with Gasteiger partial charge in [-0.25, -0.2) is 14.3 Å². The van der Waals surface area contributed by atoms with Gasteiger partial charge >= 0.3 is 5.97 Å². The average Bonchev–Trinajstić information content (AvgIpc) is 3.17. The number of carbonyl (C=O) groups is 2. The van der Waals surface area contributed by atoms with Gasteiger partial charge in [0, 0.05) is 18.4 Å². The molecule has 2 aromatic rings. The molecule has 0 bridgehead atoms. The highest BCUT2D eigenvalue weighted by molar-refractivity contribution is 6.01. The second kappa shape index (κ2) is 4.59. The Morgan fingerprint density at radius 2 is 2.25 bits per heavy atom. The van der Waals surface area contributed by atoms with Crippen LogP contribution in [-0.2, 0) is 4.79 Å². The Hall–Kier alpha value is -2.44. The number of amides is 1. The smallest absolute Gasteiger partial charge is 0.326 e. The summed E-state index contributed by atoms with van der Waals surface area (Å²) in [6.07, 6.45) is 6.40. The van der Waals surface area contributed by atoms with Gasteiger partial charge in [0.05, 0.1) is 6.20 Å². The number of nitrogens with zero attached hydrogens (tertiary/aromatic N) is 4. The molecule has 1 atom stereocenters. The van der Waals surface area contributed by atoms with E-state index in [2.05, 4.69) is 10.1 Å². The van der Waals surface area contributed by atoms with E-state index in [1.165, 1.54) is 22.5 Å². The van der Waals surface area contributed by atoms with E-state index in [4.69, 9.17) is 5.11 Å². The van der Waals surface area contributed by atoms with Crippen molar-refractivity contribution < 1.29 is 14.7 Å². The number of carboxylic acid groups (broad SMARTS) is 1. The van der Waals surface area contributed by atoms with Gasteiger partial charge in [-0.15, -0.1) is 0 Å². The molecule has 2 heterocycles. The monoisotopic (exact) mass is 274 g/mol. The average molecular weight is 274 g/mol. The number of aliphatic carboxylic acids is 1. The van der Waals surface area contributed by atoms with Crippen LogP contribution in [0.25, 0.3) is 5.65 Å². The van der Waals surface area contributed by atoms with Crippen molar-refractivity contribution >= 4 is 17.5 Å². The molecule has 2 aromatic heterocycles. The SMILES string of the molecule is CC(C(=O)O)N(C(=O)c1cnn2cccnc12)C1CC1. The minimum absolute atomic E-state index is 0.00672. The number of hydrogen-bond acceptors (Lipinski definition) is 4. The highest BCUT2D eigenvalue weighted by atomic mass is 16.4. The topological polar surface area (TPSA) is 87.8 Å². The third-order valence-corrected chi connectivity index (χ3v) is 3.46. The summed E-state index contributed by atoms with van der Waals surface area (Å²) in [6, 6.07) is 0.869. The second-order valence-electron chi connectivity index (χ2n) is 4.90. The zero-order chi connectivity index (χ0) is 14.3. The molecular formula is C13H14N4O3. The molecule has 0 spiro atoms. The Kier molecular flexibility index (Phi) is 2.89. The first kappa shape index (κ1) is 12.6. The second-order valence-corrected chi connectivity index (χ2v) is 4.90. The summed E-state index contributed by atoms with van der Waals surface area (Å²) in [5, 5.41) is 13.2. The van der Waals surface area contributed by atoms with Crippen molar-refractivity contribution in [3.63, 3.8) is 0 Å². The first-order chi connectivity index (χ1) is 9.59. The van der Waals surface area contributed by atoms with E-state index >= 15 is 0 Å². The van der Waals surface area contributed by atoms with Crippen molar-refractivity contribution in [2.75, 3.05) is 0 Å². The molecule has 1 saturated carbocycles. The summed E-state index contributed by atoms with van der Waals surface area (Å²) < 4.78 is 1.50. The molecule has 20 heavy (non-hydrogen) atoms. The number of rotatable bonds is 4. The standard InChI is InChI=1S/C13H14N4O3/c1-8(13(19)20)17(9-3-4-9)12(18)10-7-15-16-6-2-5-14-11(10)16/h2,5-9H,3-4H2,1H3,(H,19,20). The van der Waals surface area contributed by atoms with Crippen molar-refractivity contribution in [3.05, 3.63) is 30.2 Å². The predicted octanol–water partition coefficient (Wildman–Crippen LogP) is 0.807. The third kappa shape index (κ3) is 2.01. The van der Waals surface area contributed by atoms with E-state index in [1.807, 2.05) is 0 Å².